The summed E-state index contributed by atoms with van der Waals surface area (Å²) in [7, 11) is 5.55. The van der Waals surface area contributed by atoms with Gasteiger partial charge in [0.2, 0.25) is 0 Å². The van der Waals surface area contributed by atoms with Gasteiger partial charge in [-0.1, -0.05) is 12.1 Å². The summed E-state index contributed by atoms with van der Waals surface area (Å²) in [5.74, 6) is 2.17. The molecule has 1 atom stereocenters. The third-order valence-electron chi connectivity index (χ3n) is 5.67. The highest BCUT2D eigenvalue weighted by molar-refractivity contribution is 5.38. The van der Waals surface area contributed by atoms with Crippen LogP contribution in [0.3, 0.4) is 0 Å². The number of halogens is 1. The molecule has 5 heteroatoms. The maximum absolute atomic E-state index is 13.1. The highest BCUT2D eigenvalue weighted by Gasteiger charge is 2.21. The SMILES string of the molecule is COc1cc(CN(C)CC2CCCN(CCc3ccc(F)cc3)C2)cc(OC)c1. The van der Waals surface area contributed by atoms with Gasteiger partial charge in [-0.15, -0.1) is 0 Å². The second-order valence-electron chi connectivity index (χ2n) is 8.10. The second-order valence-corrected chi connectivity index (χ2v) is 8.10. The van der Waals surface area contributed by atoms with E-state index in [0.717, 1.165) is 50.6 Å². The average molecular weight is 401 g/mol. The summed E-state index contributed by atoms with van der Waals surface area (Å²) >= 11 is 0. The van der Waals surface area contributed by atoms with E-state index >= 15 is 0 Å². The summed E-state index contributed by atoms with van der Waals surface area (Å²) in [6.07, 6.45) is 3.50. The molecule has 0 radical (unpaired) electrons. The summed E-state index contributed by atoms with van der Waals surface area (Å²) in [5, 5.41) is 0. The van der Waals surface area contributed by atoms with Crippen LogP contribution in [0.1, 0.15) is 24.0 Å². The first-order chi connectivity index (χ1) is 14.1. The molecule has 1 heterocycles. The van der Waals surface area contributed by atoms with Gasteiger partial charge in [0.15, 0.2) is 0 Å². The maximum Gasteiger partial charge on any atom is 0.123 e. The lowest BCUT2D eigenvalue weighted by atomic mass is 9.97. The number of methoxy groups -OCH3 is 2. The Bertz CT molecular complexity index is 744. The molecule has 0 amide bonds. The highest BCUT2D eigenvalue weighted by Crippen LogP contribution is 2.24. The van der Waals surface area contributed by atoms with Crippen LogP contribution in [-0.4, -0.2) is 57.2 Å². The average Bonchev–Trinajstić information content (AvgIpc) is 2.73. The lowest BCUT2D eigenvalue weighted by Gasteiger charge is -2.34. The number of piperidine rings is 1. The van der Waals surface area contributed by atoms with E-state index in [2.05, 4.69) is 29.0 Å². The van der Waals surface area contributed by atoms with Gasteiger partial charge in [0.25, 0.3) is 0 Å². The van der Waals surface area contributed by atoms with Crippen LogP contribution in [0.5, 0.6) is 11.5 Å². The van der Waals surface area contributed by atoms with Gasteiger partial charge in [-0.2, -0.15) is 0 Å². The van der Waals surface area contributed by atoms with Crippen LogP contribution in [0.2, 0.25) is 0 Å². The quantitative estimate of drug-likeness (QED) is 0.629. The van der Waals surface area contributed by atoms with E-state index in [1.807, 2.05) is 18.2 Å². The van der Waals surface area contributed by atoms with E-state index in [-0.39, 0.29) is 5.82 Å². The molecule has 4 nitrogen and oxygen atoms in total. The van der Waals surface area contributed by atoms with E-state index in [1.54, 1.807) is 26.4 Å². The van der Waals surface area contributed by atoms with E-state index in [0.29, 0.717) is 5.92 Å². The zero-order chi connectivity index (χ0) is 20.6. The molecule has 1 aliphatic rings. The standard InChI is InChI=1S/C24H33FN2O2/c1-26(17-21-13-23(28-2)15-24(14-21)29-3)16-20-5-4-11-27(18-20)12-10-19-6-8-22(25)9-7-19/h6-9,13-15,20H,4-5,10-12,16-18H2,1-3H3. The first-order valence-electron chi connectivity index (χ1n) is 10.4. The molecule has 1 aliphatic heterocycles. The van der Waals surface area contributed by atoms with Crippen molar-refractivity contribution < 1.29 is 13.9 Å². The number of hydrogen-bond donors (Lipinski definition) is 0. The summed E-state index contributed by atoms with van der Waals surface area (Å²) in [6.45, 7) is 5.28. The minimum Gasteiger partial charge on any atom is -0.497 e. The maximum atomic E-state index is 13.1. The summed E-state index contributed by atoms with van der Waals surface area (Å²) < 4.78 is 23.8. The minimum atomic E-state index is -0.163. The van der Waals surface area contributed by atoms with Crippen LogP contribution < -0.4 is 9.47 Å². The van der Waals surface area contributed by atoms with Crippen molar-refractivity contribution in [2.75, 3.05) is 47.4 Å². The van der Waals surface area contributed by atoms with Crippen LogP contribution in [0.25, 0.3) is 0 Å². The van der Waals surface area contributed by atoms with Crippen molar-refractivity contribution >= 4 is 0 Å². The largest absolute Gasteiger partial charge is 0.497 e. The highest BCUT2D eigenvalue weighted by atomic mass is 19.1. The van der Waals surface area contributed by atoms with Crippen molar-refractivity contribution in [2.45, 2.75) is 25.8 Å². The number of ether oxygens (including phenoxy) is 2. The molecule has 3 rings (SSSR count). The topological polar surface area (TPSA) is 24.9 Å². The molecular weight excluding hydrogens is 367 g/mol. The predicted molar refractivity (Wildman–Crippen MR) is 115 cm³/mol. The molecule has 0 aliphatic carbocycles. The Hall–Kier alpha value is -2.11. The molecule has 2 aromatic rings. The summed E-state index contributed by atoms with van der Waals surface area (Å²) in [6, 6.07) is 13.0. The van der Waals surface area contributed by atoms with Gasteiger partial charge in [-0.25, -0.2) is 4.39 Å². The fraction of sp³-hybridized carbons (Fsp3) is 0.500. The normalized spacial score (nSPS) is 17.5. The first-order valence-corrected chi connectivity index (χ1v) is 10.4. The number of benzene rings is 2. The van der Waals surface area contributed by atoms with E-state index in [9.17, 15) is 4.39 Å². The van der Waals surface area contributed by atoms with Crippen molar-refractivity contribution in [2.24, 2.45) is 5.92 Å². The number of hydrogen-bond acceptors (Lipinski definition) is 4. The predicted octanol–water partition coefficient (Wildman–Crippen LogP) is 4.23. The second kappa shape index (κ2) is 10.6. The lowest BCUT2D eigenvalue weighted by Crippen LogP contribution is -2.40. The number of nitrogens with zero attached hydrogens (tertiary/aromatic N) is 2. The zero-order valence-corrected chi connectivity index (χ0v) is 17.9. The van der Waals surface area contributed by atoms with Gasteiger partial charge in [0.1, 0.15) is 17.3 Å². The Morgan fingerprint density at radius 3 is 2.38 bits per heavy atom. The zero-order valence-electron chi connectivity index (χ0n) is 17.9. The molecule has 0 aromatic heterocycles. The van der Waals surface area contributed by atoms with Gasteiger partial charge < -0.3 is 19.3 Å². The minimum absolute atomic E-state index is 0.163. The van der Waals surface area contributed by atoms with Crippen LogP contribution in [-0.2, 0) is 13.0 Å². The van der Waals surface area contributed by atoms with Crippen molar-refractivity contribution in [1.29, 1.82) is 0 Å². The third-order valence-corrected chi connectivity index (χ3v) is 5.67. The molecule has 0 N–H and O–H groups in total. The lowest BCUT2D eigenvalue weighted by molar-refractivity contribution is 0.142. The Kier molecular flexibility index (Phi) is 7.90. The summed E-state index contributed by atoms with van der Waals surface area (Å²) in [4.78, 5) is 4.95. The van der Waals surface area contributed by atoms with Gasteiger partial charge in [0.05, 0.1) is 14.2 Å². The molecule has 0 spiro atoms. The van der Waals surface area contributed by atoms with Crippen LogP contribution in [0, 0.1) is 11.7 Å². The Labute approximate surface area is 174 Å². The third kappa shape index (κ3) is 6.72. The molecule has 1 unspecified atom stereocenters. The van der Waals surface area contributed by atoms with Gasteiger partial charge in [-0.05, 0) is 74.2 Å². The van der Waals surface area contributed by atoms with Crippen LogP contribution in [0.4, 0.5) is 4.39 Å². The number of likely N-dealkylation sites (tertiary alicyclic amines) is 1. The van der Waals surface area contributed by atoms with Crippen molar-refractivity contribution in [3.05, 3.63) is 59.4 Å². The molecule has 1 fully saturated rings. The fourth-order valence-corrected chi connectivity index (χ4v) is 4.22. The van der Waals surface area contributed by atoms with Crippen molar-refractivity contribution in [1.82, 2.24) is 9.80 Å². The van der Waals surface area contributed by atoms with E-state index in [4.69, 9.17) is 9.47 Å². The molecular formula is C24H33FN2O2. The molecule has 29 heavy (non-hydrogen) atoms. The van der Waals surface area contributed by atoms with Gasteiger partial charge in [0, 0.05) is 32.2 Å². The first kappa shape index (κ1) is 21.6. The number of rotatable bonds is 9. The molecule has 0 bridgehead atoms. The molecule has 1 saturated heterocycles. The van der Waals surface area contributed by atoms with Gasteiger partial charge >= 0.3 is 0 Å². The van der Waals surface area contributed by atoms with Crippen LogP contribution in [0.15, 0.2) is 42.5 Å². The van der Waals surface area contributed by atoms with Crippen molar-refractivity contribution in [3.8, 4) is 11.5 Å². The summed E-state index contributed by atoms with van der Waals surface area (Å²) in [5.41, 5.74) is 2.41. The van der Waals surface area contributed by atoms with Gasteiger partial charge in [-0.3, -0.25) is 0 Å². The van der Waals surface area contributed by atoms with E-state index in [1.165, 1.54) is 24.0 Å². The van der Waals surface area contributed by atoms with Crippen molar-refractivity contribution in [3.63, 3.8) is 0 Å². The Morgan fingerprint density at radius 2 is 1.72 bits per heavy atom. The Morgan fingerprint density at radius 1 is 1.03 bits per heavy atom. The van der Waals surface area contributed by atoms with Crippen LogP contribution >= 0.6 is 0 Å². The Balaban J connectivity index is 1.48. The molecule has 158 valence electrons. The molecule has 0 saturated carbocycles. The smallest absolute Gasteiger partial charge is 0.123 e. The monoisotopic (exact) mass is 400 g/mol. The van der Waals surface area contributed by atoms with E-state index < -0.39 is 0 Å². The fourth-order valence-electron chi connectivity index (χ4n) is 4.22. The molecule has 2 aromatic carbocycles.